The van der Waals surface area contributed by atoms with E-state index in [0.29, 0.717) is 11.3 Å². The van der Waals surface area contributed by atoms with Gasteiger partial charge in [-0.2, -0.15) is 5.26 Å². The molecule has 4 heteroatoms. The summed E-state index contributed by atoms with van der Waals surface area (Å²) in [5.41, 5.74) is 1.18. The van der Waals surface area contributed by atoms with Crippen molar-refractivity contribution in [3.05, 3.63) is 65.2 Å². The number of allylic oxidation sites excluding steroid dienone is 1. The first kappa shape index (κ1) is 17.3. The van der Waals surface area contributed by atoms with E-state index >= 15 is 0 Å². The fourth-order valence-corrected chi connectivity index (χ4v) is 2.21. The third-order valence-corrected chi connectivity index (χ3v) is 3.28. The van der Waals surface area contributed by atoms with Crippen molar-refractivity contribution < 1.29 is 14.3 Å². The van der Waals surface area contributed by atoms with Gasteiger partial charge < -0.3 is 9.47 Å². The number of carbonyl (C=O) groups is 1. The summed E-state index contributed by atoms with van der Waals surface area (Å²) in [6.45, 7) is 3.90. The number of Topliss-reactive ketones (excluding diaryl/α,β-unsaturated/α-hetero) is 1. The monoisotopic (exact) mass is 321 g/mol. The van der Waals surface area contributed by atoms with E-state index in [1.807, 2.05) is 44.2 Å². The second-order valence-electron chi connectivity index (χ2n) is 5.43. The fraction of sp³-hybridized carbons (Fsp3) is 0.200. The first-order valence-corrected chi connectivity index (χ1v) is 7.61. The third kappa shape index (κ3) is 4.23. The van der Waals surface area contributed by atoms with Crippen LogP contribution < -0.4 is 9.47 Å². The smallest absolute Gasteiger partial charge is 0.207 e. The molecule has 0 aliphatic carbocycles. The fourth-order valence-electron chi connectivity index (χ4n) is 2.21. The highest BCUT2D eigenvalue weighted by Gasteiger charge is 2.16. The van der Waals surface area contributed by atoms with Crippen LogP contribution in [0.5, 0.6) is 11.5 Å². The number of para-hydroxylation sites is 1. The Morgan fingerprint density at radius 3 is 2.38 bits per heavy atom. The number of hydrogen-bond donors (Lipinski definition) is 0. The number of hydrogen-bond acceptors (Lipinski definition) is 4. The van der Waals surface area contributed by atoms with E-state index in [4.69, 9.17) is 9.47 Å². The van der Waals surface area contributed by atoms with E-state index in [9.17, 15) is 10.1 Å². The van der Waals surface area contributed by atoms with Crippen molar-refractivity contribution in [1.29, 1.82) is 5.26 Å². The van der Waals surface area contributed by atoms with Gasteiger partial charge in [0.05, 0.1) is 18.8 Å². The molecule has 2 aromatic carbocycles. The SMILES string of the molecule is COc1ccccc1C(=O)C(C#N)=Cc1ccc(OC(C)C)cc1. The Bertz CT molecular complexity index is 783. The second-order valence-corrected chi connectivity index (χ2v) is 5.43. The molecular weight excluding hydrogens is 302 g/mol. The molecule has 0 aliphatic heterocycles. The van der Waals surface area contributed by atoms with Crippen LogP contribution in [0.1, 0.15) is 29.8 Å². The maximum Gasteiger partial charge on any atom is 0.207 e. The summed E-state index contributed by atoms with van der Waals surface area (Å²) in [6, 6.07) is 16.1. The lowest BCUT2D eigenvalue weighted by Crippen LogP contribution is -2.05. The molecule has 0 amide bonds. The van der Waals surface area contributed by atoms with Crippen molar-refractivity contribution in [3.8, 4) is 17.6 Å². The van der Waals surface area contributed by atoms with Gasteiger partial charge in [0.1, 0.15) is 23.1 Å². The summed E-state index contributed by atoms with van der Waals surface area (Å²) in [6.07, 6.45) is 1.65. The summed E-state index contributed by atoms with van der Waals surface area (Å²) < 4.78 is 10.8. The van der Waals surface area contributed by atoms with Crippen LogP contribution in [-0.2, 0) is 0 Å². The topological polar surface area (TPSA) is 59.3 Å². The molecule has 0 aromatic heterocycles. The first-order valence-electron chi connectivity index (χ1n) is 7.61. The van der Waals surface area contributed by atoms with Gasteiger partial charge in [-0.25, -0.2) is 0 Å². The highest BCUT2D eigenvalue weighted by atomic mass is 16.5. The highest BCUT2D eigenvalue weighted by Crippen LogP contribution is 2.22. The van der Waals surface area contributed by atoms with Gasteiger partial charge in [-0.05, 0) is 49.8 Å². The van der Waals surface area contributed by atoms with Crippen LogP contribution >= 0.6 is 0 Å². The Labute approximate surface area is 141 Å². The van der Waals surface area contributed by atoms with Gasteiger partial charge in [-0.3, -0.25) is 4.79 Å². The zero-order valence-electron chi connectivity index (χ0n) is 13.9. The molecule has 4 nitrogen and oxygen atoms in total. The maximum absolute atomic E-state index is 12.6. The second kappa shape index (κ2) is 7.98. The third-order valence-electron chi connectivity index (χ3n) is 3.28. The van der Waals surface area contributed by atoms with Crippen LogP contribution in [0, 0.1) is 11.3 Å². The Morgan fingerprint density at radius 2 is 1.79 bits per heavy atom. The molecule has 2 aromatic rings. The minimum atomic E-state index is -0.363. The Morgan fingerprint density at radius 1 is 1.12 bits per heavy atom. The highest BCUT2D eigenvalue weighted by molar-refractivity contribution is 6.15. The number of nitriles is 1. The maximum atomic E-state index is 12.6. The summed E-state index contributed by atoms with van der Waals surface area (Å²) in [7, 11) is 1.50. The molecule has 0 saturated carbocycles. The number of rotatable bonds is 6. The predicted octanol–water partition coefficient (Wildman–Crippen LogP) is 4.27. The molecule has 0 N–H and O–H groups in total. The predicted molar refractivity (Wildman–Crippen MR) is 93.1 cm³/mol. The van der Waals surface area contributed by atoms with Gasteiger partial charge in [-0.1, -0.05) is 24.3 Å². The van der Waals surface area contributed by atoms with Crippen LogP contribution in [0.4, 0.5) is 0 Å². The number of ketones is 1. The molecule has 0 spiro atoms. The molecule has 0 bridgehead atoms. The van der Waals surface area contributed by atoms with Gasteiger partial charge in [0, 0.05) is 0 Å². The van der Waals surface area contributed by atoms with E-state index in [1.165, 1.54) is 7.11 Å². The number of nitrogens with zero attached hydrogens (tertiary/aromatic N) is 1. The molecule has 0 atom stereocenters. The molecule has 0 heterocycles. The largest absolute Gasteiger partial charge is 0.496 e. The molecule has 0 fully saturated rings. The van der Waals surface area contributed by atoms with Crippen molar-refractivity contribution >= 4 is 11.9 Å². The van der Waals surface area contributed by atoms with Crippen molar-refractivity contribution in [3.63, 3.8) is 0 Å². The number of benzene rings is 2. The summed E-state index contributed by atoms with van der Waals surface area (Å²) >= 11 is 0. The summed E-state index contributed by atoms with van der Waals surface area (Å²) in [5.74, 6) is 0.832. The molecule has 24 heavy (non-hydrogen) atoms. The van der Waals surface area contributed by atoms with Gasteiger partial charge in [0.15, 0.2) is 0 Å². The standard InChI is InChI=1S/C20H19NO3/c1-14(2)24-17-10-8-15(9-11-17)12-16(13-21)20(22)18-6-4-5-7-19(18)23-3/h4-12,14H,1-3H3. The van der Waals surface area contributed by atoms with Crippen LogP contribution in [0.3, 0.4) is 0 Å². The lowest BCUT2D eigenvalue weighted by molar-refractivity contribution is 0.103. The van der Waals surface area contributed by atoms with E-state index in [1.54, 1.807) is 30.3 Å². The van der Waals surface area contributed by atoms with Crippen molar-refractivity contribution in [1.82, 2.24) is 0 Å². The average Bonchev–Trinajstić information content (AvgIpc) is 2.60. The van der Waals surface area contributed by atoms with Crippen molar-refractivity contribution in [2.45, 2.75) is 20.0 Å². The van der Waals surface area contributed by atoms with Crippen LogP contribution in [0.2, 0.25) is 0 Å². The lowest BCUT2D eigenvalue weighted by atomic mass is 10.0. The van der Waals surface area contributed by atoms with Crippen molar-refractivity contribution in [2.24, 2.45) is 0 Å². The van der Waals surface area contributed by atoms with Crippen molar-refractivity contribution in [2.75, 3.05) is 7.11 Å². The zero-order chi connectivity index (χ0) is 17.5. The Kier molecular flexibility index (Phi) is 5.75. The zero-order valence-corrected chi connectivity index (χ0v) is 13.9. The van der Waals surface area contributed by atoms with Gasteiger partial charge in [0.2, 0.25) is 5.78 Å². The van der Waals surface area contributed by atoms with Gasteiger partial charge in [-0.15, -0.1) is 0 Å². The van der Waals surface area contributed by atoms with E-state index < -0.39 is 0 Å². The van der Waals surface area contributed by atoms with Gasteiger partial charge in [0.25, 0.3) is 0 Å². The normalized spacial score (nSPS) is 11.0. The van der Waals surface area contributed by atoms with E-state index in [2.05, 4.69) is 0 Å². The molecule has 122 valence electrons. The number of methoxy groups -OCH3 is 1. The van der Waals surface area contributed by atoms with E-state index in [0.717, 1.165) is 11.3 Å². The van der Waals surface area contributed by atoms with Crippen LogP contribution in [0.15, 0.2) is 54.1 Å². The molecular formula is C20H19NO3. The van der Waals surface area contributed by atoms with E-state index in [-0.39, 0.29) is 17.5 Å². The molecule has 0 unspecified atom stereocenters. The Balaban J connectivity index is 2.29. The minimum Gasteiger partial charge on any atom is -0.496 e. The molecule has 2 rings (SSSR count). The molecule has 0 radical (unpaired) electrons. The van der Waals surface area contributed by atoms with Gasteiger partial charge >= 0.3 is 0 Å². The number of ether oxygens (including phenoxy) is 2. The molecule has 0 aliphatic rings. The summed E-state index contributed by atoms with van der Waals surface area (Å²) in [4.78, 5) is 12.6. The quantitative estimate of drug-likeness (QED) is 0.453. The van der Waals surface area contributed by atoms with Crippen LogP contribution in [0.25, 0.3) is 6.08 Å². The lowest BCUT2D eigenvalue weighted by Gasteiger charge is -2.09. The minimum absolute atomic E-state index is 0.0528. The average molecular weight is 321 g/mol. The Hall–Kier alpha value is -3.06. The number of carbonyl (C=O) groups excluding carboxylic acids is 1. The first-order chi connectivity index (χ1) is 11.5. The molecule has 0 saturated heterocycles. The van der Waals surface area contributed by atoms with Crippen LogP contribution in [-0.4, -0.2) is 19.0 Å². The summed E-state index contributed by atoms with van der Waals surface area (Å²) in [5, 5.41) is 9.35.